The molecule has 0 aliphatic rings. The minimum Gasteiger partial charge on any atom is -0.352 e. The largest absolute Gasteiger partial charge is 0.352 e. The number of carbonyl (C=O) groups excluding carboxylic acids is 2. The first-order chi connectivity index (χ1) is 16.0. The molecular weight excluding hydrogens is 450 g/mol. The van der Waals surface area contributed by atoms with Gasteiger partial charge in [0.05, 0.1) is 11.9 Å². The van der Waals surface area contributed by atoms with Gasteiger partial charge in [0.1, 0.15) is 12.6 Å². The van der Waals surface area contributed by atoms with Crippen LogP contribution in [0.4, 0.5) is 5.69 Å². The second-order valence-electron chi connectivity index (χ2n) is 8.86. The first-order valence-corrected chi connectivity index (χ1v) is 13.5. The minimum absolute atomic E-state index is 0.0299. The van der Waals surface area contributed by atoms with Crippen LogP contribution in [0.2, 0.25) is 0 Å². The van der Waals surface area contributed by atoms with Crippen LogP contribution in [-0.2, 0) is 26.2 Å². The van der Waals surface area contributed by atoms with Crippen LogP contribution < -0.4 is 9.62 Å². The molecule has 1 N–H and O–H groups in total. The van der Waals surface area contributed by atoms with Crippen molar-refractivity contribution in [2.24, 2.45) is 0 Å². The van der Waals surface area contributed by atoms with Gasteiger partial charge in [0, 0.05) is 12.6 Å². The number of benzene rings is 2. The Hall–Kier alpha value is -2.87. The Morgan fingerprint density at radius 2 is 1.62 bits per heavy atom. The number of nitrogens with one attached hydrogen (secondary N) is 1. The highest BCUT2D eigenvalue weighted by Gasteiger charge is 2.32. The van der Waals surface area contributed by atoms with E-state index in [2.05, 4.69) is 5.32 Å². The number of hydrogen-bond donors (Lipinski definition) is 1. The number of carbonyl (C=O) groups is 2. The summed E-state index contributed by atoms with van der Waals surface area (Å²) in [5, 5.41) is 2.97. The second kappa shape index (κ2) is 12.0. The van der Waals surface area contributed by atoms with E-state index in [1.54, 1.807) is 18.2 Å². The summed E-state index contributed by atoms with van der Waals surface area (Å²) in [4.78, 5) is 28.2. The van der Waals surface area contributed by atoms with Crippen LogP contribution >= 0.6 is 0 Å². The third-order valence-electron chi connectivity index (χ3n) is 5.83. The molecule has 34 heavy (non-hydrogen) atoms. The van der Waals surface area contributed by atoms with Crippen LogP contribution in [0.3, 0.4) is 0 Å². The van der Waals surface area contributed by atoms with Gasteiger partial charge < -0.3 is 10.2 Å². The van der Waals surface area contributed by atoms with Crippen molar-refractivity contribution in [3.05, 3.63) is 65.2 Å². The van der Waals surface area contributed by atoms with Crippen LogP contribution in [-0.4, -0.2) is 50.0 Å². The molecule has 2 aromatic rings. The molecular formula is C26H37N3O4S. The van der Waals surface area contributed by atoms with Crippen molar-refractivity contribution in [3.63, 3.8) is 0 Å². The van der Waals surface area contributed by atoms with Crippen LogP contribution in [0.25, 0.3) is 0 Å². The average molecular weight is 488 g/mol. The molecule has 0 saturated carbocycles. The Balaban J connectivity index is 2.43. The summed E-state index contributed by atoms with van der Waals surface area (Å²) in [5.41, 5.74) is 3.26. The highest BCUT2D eigenvalue weighted by Crippen LogP contribution is 2.21. The van der Waals surface area contributed by atoms with Gasteiger partial charge in [0.15, 0.2) is 0 Å². The van der Waals surface area contributed by atoms with E-state index in [9.17, 15) is 18.0 Å². The number of nitrogens with zero attached hydrogens (tertiary/aromatic N) is 2. The summed E-state index contributed by atoms with van der Waals surface area (Å²) in [6.45, 7) is 9.41. The number of amides is 2. The van der Waals surface area contributed by atoms with E-state index in [1.165, 1.54) is 4.90 Å². The van der Waals surface area contributed by atoms with E-state index >= 15 is 0 Å². The molecule has 0 spiro atoms. The van der Waals surface area contributed by atoms with Crippen molar-refractivity contribution in [3.8, 4) is 0 Å². The van der Waals surface area contributed by atoms with Gasteiger partial charge in [-0.05, 0) is 56.9 Å². The molecule has 2 amide bonds. The zero-order valence-electron chi connectivity index (χ0n) is 21.0. The Labute approximate surface area is 204 Å². The fourth-order valence-corrected chi connectivity index (χ4v) is 4.49. The van der Waals surface area contributed by atoms with Gasteiger partial charge >= 0.3 is 0 Å². The summed E-state index contributed by atoms with van der Waals surface area (Å²) in [6.07, 6.45) is 2.26. The van der Waals surface area contributed by atoms with Crippen molar-refractivity contribution in [1.29, 1.82) is 0 Å². The van der Waals surface area contributed by atoms with E-state index in [4.69, 9.17) is 0 Å². The predicted molar refractivity (Wildman–Crippen MR) is 137 cm³/mol. The van der Waals surface area contributed by atoms with Crippen molar-refractivity contribution in [2.75, 3.05) is 17.1 Å². The van der Waals surface area contributed by atoms with Crippen molar-refractivity contribution in [1.82, 2.24) is 10.2 Å². The molecule has 2 rings (SSSR count). The molecule has 0 bridgehead atoms. The predicted octanol–water partition coefficient (Wildman–Crippen LogP) is 3.79. The third-order valence-corrected chi connectivity index (χ3v) is 6.97. The SMILES string of the molecule is CC[C@H](C(=O)N[C@@H](C)CC)N(Cc1ccc(C)cc1)C(=O)CN(c1cccc(C)c1)S(C)(=O)=O. The number of sulfonamides is 1. The van der Waals surface area contributed by atoms with E-state index in [1.807, 2.05) is 65.0 Å². The van der Waals surface area contributed by atoms with Crippen molar-refractivity contribution < 1.29 is 18.0 Å². The van der Waals surface area contributed by atoms with Crippen LogP contribution in [0, 0.1) is 13.8 Å². The molecule has 0 unspecified atom stereocenters. The standard InChI is InChI=1S/C26H37N3O4S/c1-7-21(5)27-26(31)24(8-2)28(17-22-14-12-19(3)13-15-22)25(30)18-29(34(6,32)33)23-11-9-10-20(4)16-23/h9-16,21,24H,7-8,17-18H2,1-6H3,(H,27,31)/t21-,24+/m0/s1. The topological polar surface area (TPSA) is 86.8 Å². The maximum absolute atomic E-state index is 13.6. The molecule has 2 atom stereocenters. The number of aryl methyl sites for hydroxylation is 2. The lowest BCUT2D eigenvalue weighted by Crippen LogP contribution is -2.53. The van der Waals surface area contributed by atoms with Crippen molar-refractivity contribution in [2.45, 2.75) is 66.1 Å². The van der Waals surface area contributed by atoms with Crippen LogP contribution in [0.5, 0.6) is 0 Å². The van der Waals surface area contributed by atoms with Crippen LogP contribution in [0.1, 0.15) is 50.3 Å². The summed E-state index contributed by atoms with van der Waals surface area (Å²) in [6, 6.07) is 14.0. The first kappa shape index (κ1) is 27.4. The van der Waals surface area contributed by atoms with Crippen molar-refractivity contribution >= 4 is 27.5 Å². The van der Waals surface area contributed by atoms with E-state index < -0.39 is 22.0 Å². The fraction of sp³-hybridized carbons (Fsp3) is 0.462. The van der Waals surface area contributed by atoms with Gasteiger partial charge in [0.2, 0.25) is 21.8 Å². The van der Waals surface area contributed by atoms with Gasteiger partial charge in [-0.1, -0.05) is 55.8 Å². The lowest BCUT2D eigenvalue weighted by molar-refractivity contribution is -0.140. The second-order valence-corrected chi connectivity index (χ2v) is 10.8. The zero-order valence-corrected chi connectivity index (χ0v) is 21.9. The molecule has 0 fully saturated rings. The maximum atomic E-state index is 13.6. The monoisotopic (exact) mass is 487 g/mol. The molecule has 8 heteroatoms. The molecule has 7 nitrogen and oxygen atoms in total. The molecule has 186 valence electrons. The van der Waals surface area contributed by atoms with E-state index in [0.717, 1.165) is 33.7 Å². The van der Waals surface area contributed by atoms with E-state index in [0.29, 0.717) is 12.1 Å². The lowest BCUT2D eigenvalue weighted by Gasteiger charge is -2.33. The molecule has 0 aromatic heterocycles. The van der Waals surface area contributed by atoms with Gasteiger partial charge in [-0.25, -0.2) is 8.42 Å². The van der Waals surface area contributed by atoms with Crippen LogP contribution in [0.15, 0.2) is 48.5 Å². The molecule has 2 aromatic carbocycles. The Bertz CT molecular complexity index is 1080. The summed E-state index contributed by atoms with van der Waals surface area (Å²) in [7, 11) is -3.73. The van der Waals surface area contributed by atoms with Gasteiger partial charge in [0.25, 0.3) is 0 Å². The van der Waals surface area contributed by atoms with Gasteiger partial charge in [-0.15, -0.1) is 0 Å². The fourth-order valence-electron chi connectivity index (χ4n) is 3.65. The Kier molecular flexibility index (Phi) is 9.67. The maximum Gasteiger partial charge on any atom is 0.244 e. The van der Waals surface area contributed by atoms with E-state index in [-0.39, 0.29) is 25.0 Å². The molecule has 0 saturated heterocycles. The number of rotatable bonds is 11. The molecule has 0 radical (unpaired) electrons. The summed E-state index contributed by atoms with van der Waals surface area (Å²) in [5.74, 6) is -0.669. The smallest absolute Gasteiger partial charge is 0.244 e. The zero-order chi connectivity index (χ0) is 25.5. The van der Waals surface area contributed by atoms with Gasteiger partial charge in [-0.3, -0.25) is 13.9 Å². The summed E-state index contributed by atoms with van der Waals surface area (Å²) >= 11 is 0. The Morgan fingerprint density at radius 3 is 2.15 bits per heavy atom. The highest BCUT2D eigenvalue weighted by atomic mass is 32.2. The third kappa shape index (κ3) is 7.58. The normalized spacial score (nSPS) is 13.1. The first-order valence-electron chi connectivity index (χ1n) is 11.7. The van der Waals surface area contributed by atoms with Gasteiger partial charge in [-0.2, -0.15) is 0 Å². The molecule has 0 aliphatic carbocycles. The average Bonchev–Trinajstić information content (AvgIpc) is 2.77. The summed E-state index contributed by atoms with van der Waals surface area (Å²) < 4.78 is 26.4. The quantitative estimate of drug-likeness (QED) is 0.522. The number of anilines is 1. The highest BCUT2D eigenvalue weighted by molar-refractivity contribution is 7.92. The molecule has 0 aliphatic heterocycles. The minimum atomic E-state index is -3.73. The lowest BCUT2D eigenvalue weighted by atomic mass is 10.1. The molecule has 0 heterocycles. The number of hydrogen-bond acceptors (Lipinski definition) is 4. The Morgan fingerprint density at radius 1 is 0.971 bits per heavy atom.